The fourth-order valence-corrected chi connectivity index (χ4v) is 2.12. The van der Waals surface area contributed by atoms with Crippen molar-refractivity contribution in [2.75, 3.05) is 6.54 Å². The summed E-state index contributed by atoms with van der Waals surface area (Å²) in [7, 11) is 0. The molecule has 1 atom stereocenters. The zero-order chi connectivity index (χ0) is 12.5. The molecular formula is C11H17ClN2O2. The molecule has 1 N–H and O–H groups in total. The Labute approximate surface area is 101 Å². The van der Waals surface area contributed by atoms with E-state index in [1.807, 2.05) is 20.8 Å². The van der Waals surface area contributed by atoms with Crippen molar-refractivity contribution in [2.24, 2.45) is 5.92 Å². The minimum Gasteiger partial charge on any atom is -0.323 e. The van der Waals surface area contributed by atoms with E-state index in [1.165, 1.54) is 0 Å². The first kappa shape index (κ1) is 13.0. The van der Waals surface area contributed by atoms with Gasteiger partial charge >= 0.3 is 6.03 Å². The summed E-state index contributed by atoms with van der Waals surface area (Å²) >= 11 is 5.64. The highest BCUT2D eigenvalue weighted by Gasteiger charge is 2.51. The zero-order valence-corrected chi connectivity index (χ0v) is 10.6. The quantitative estimate of drug-likeness (QED) is 0.770. The molecule has 16 heavy (non-hydrogen) atoms. The van der Waals surface area contributed by atoms with Crippen LogP contribution >= 0.6 is 11.6 Å². The van der Waals surface area contributed by atoms with Crippen LogP contribution in [0.2, 0.25) is 0 Å². The molecule has 1 heterocycles. The Bertz CT molecular complexity index is 341. The summed E-state index contributed by atoms with van der Waals surface area (Å²) in [4.78, 5) is 25.0. The van der Waals surface area contributed by atoms with Crippen molar-refractivity contribution in [1.29, 1.82) is 0 Å². The van der Waals surface area contributed by atoms with E-state index < -0.39 is 5.54 Å². The molecule has 4 nitrogen and oxygen atoms in total. The third kappa shape index (κ3) is 1.94. The molecule has 0 aromatic heterocycles. The first-order chi connectivity index (χ1) is 7.35. The lowest BCUT2D eigenvalue weighted by Crippen LogP contribution is -2.51. The Morgan fingerprint density at radius 3 is 2.44 bits per heavy atom. The van der Waals surface area contributed by atoms with Crippen LogP contribution in [0, 0.1) is 5.92 Å². The lowest BCUT2D eigenvalue weighted by molar-refractivity contribution is -0.132. The van der Waals surface area contributed by atoms with Gasteiger partial charge in [-0.25, -0.2) is 4.79 Å². The summed E-state index contributed by atoms with van der Waals surface area (Å²) in [5.41, 5.74) is -0.788. The number of carbonyl (C=O) groups is 2. The van der Waals surface area contributed by atoms with E-state index >= 15 is 0 Å². The summed E-state index contributed by atoms with van der Waals surface area (Å²) in [5, 5.41) is 3.04. The SMILES string of the molecule is C=C(Cl)CN1C(=O)NC(CC)(C(C)C)C1=O. The van der Waals surface area contributed by atoms with E-state index in [-0.39, 0.29) is 29.4 Å². The van der Waals surface area contributed by atoms with Crippen LogP contribution in [0.4, 0.5) is 4.79 Å². The molecule has 90 valence electrons. The lowest BCUT2D eigenvalue weighted by Gasteiger charge is -2.29. The predicted octanol–water partition coefficient (Wildman–Crippen LogP) is 2.10. The van der Waals surface area contributed by atoms with Crippen LogP contribution in [-0.2, 0) is 4.79 Å². The van der Waals surface area contributed by atoms with Crippen LogP contribution < -0.4 is 5.32 Å². The summed E-state index contributed by atoms with van der Waals surface area (Å²) < 4.78 is 0. The maximum Gasteiger partial charge on any atom is 0.325 e. The van der Waals surface area contributed by atoms with Crippen molar-refractivity contribution >= 4 is 23.5 Å². The van der Waals surface area contributed by atoms with Crippen molar-refractivity contribution in [3.8, 4) is 0 Å². The number of urea groups is 1. The summed E-state index contributed by atoms with van der Waals surface area (Å²) in [5.74, 6) is -0.167. The average Bonchev–Trinajstić information content (AvgIpc) is 2.42. The number of nitrogens with one attached hydrogen (secondary N) is 1. The Morgan fingerprint density at radius 2 is 2.12 bits per heavy atom. The highest BCUT2D eigenvalue weighted by Crippen LogP contribution is 2.29. The molecule has 1 saturated heterocycles. The predicted molar refractivity (Wildman–Crippen MR) is 63.1 cm³/mol. The van der Waals surface area contributed by atoms with E-state index in [0.29, 0.717) is 6.42 Å². The third-order valence-corrected chi connectivity index (χ3v) is 3.19. The van der Waals surface area contributed by atoms with E-state index in [4.69, 9.17) is 11.6 Å². The smallest absolute Gasteiger partial charge is 0.323 e. The van der Waals surface area contributed by atoms with Gasteiger partial charge in [0.1, 0.15) is 5.54 Å². The molecule has 1 rings (SSSR count). The average molecular weight is 245 g/mol. The largest absolute Gasteiger partial charge is 0.325 e. The van der Waals surface area contributed by atoms with E-state index in [2.05, 4.69) is 11.9 Å². The van der Waals surface area contributed by atoms with Crippen LogP contribution in [0.15, 0.2) is 11.6 Å². The van der Waals surface area contributed by atoms with Crippen LogP contribution in [-0.4, -0.2) is 28.9 Å². The van der Waals surface area contributed by atoms with Crippen molar-refractivity contribution in [3.05, 3.63) is 11.6 Å². The van der Waals surface area contributed by atoms with Crippen LogP contribution in [0.3, 0.4) is 0 Å². The van der Waals surface area contributed by atoms with Crippen molar-refractivity contribution in [1.82, 2.24) is 10.2 Å². The van der Waals surface area contributed by atoms with Crippen LogP contribution in [0.25, 0.3) is 0 Å². The summed E-state index contributed by atoms with van der Waals surface area (Å²) in [6.45, 7) is 9.29. The number of carbonyl (C=O) groups excluding carboxylic acids is 2. The molecule has 0 aromatic rings. The highest BCUT2D eigenvalue weighted by molar-refractivity contribution is 6.30. The Kier molecular flexibility index (Phi) is 3.63. The topological polar surface area (TPSA) is 49.4 Å². The van der Waals surface area contributed by atoms with Crippen molar-refractivity contribution in [2.45, 2.75) is 32.7 Å². The number of nitrogens with zero attached hydrogens (tertiary/aromatic N) is 1. The first-order valence-electron chi connectivity index (χ1n) is 5.32. The van der Waals surface area contributed by atoms with Gasteiger partial charge in [0.15, 0.2) is 0 Å². The molecule has 0 aromatic carbocycles. The van der Waals surface area contributed by atoms with Gasteiger partial charge in [-0.05, 0) is 12.3 Å². The molecule has 1 aliphatic rings. The van der Waals surface area contributed by atoms with Gasteiger partial charge in [-0.1, -0.05) is 39.0 Å². The standard InChI is InChI=1S/C11H17ClN2O2/c1-5-11(7(2)3)9(15)14(6-8(4)12)10(16)13-11/h7H,4-6H2,1-3H3,(H,13,16). The normalized spacial score (nSPS) is 25.2. The van der Waals surface area contributed by atoms with Gasteiger partial charge in [0.2, 0.25) is 0 Å². The Hall–Kier alpha value is -1.03. The fourth-order valence-electron chi connectivity index (χ4n) is 2.00. The molecule has 1 aliphatic heterocycles. The van der Waals surface area contributed by atoms with Crippen molar-refractivity contribution in [3.63, 3.8) is 0 Å². The monoisotopic (exact) mass is 244 g/mol. The molecule has 5 heteroatoms. The van der Waals surface area contributed by atoms with E-state index in [9.17, 15) is 9.59 Å². The molecule has 0 bridgehead atoms. The van der Waals surface area contributed by atoms with Gasteiger partial charge in [-0.2, -0.15) is 0 Å². The second-order valence-corrected chi connectivity index (χ2v) is 4.85. The maximum absolute atomic E-state index is 12.2. The van der Waals surface area contributed by atoms with Crippen LogP contribution in [0.5, 0.6) is 0 Å². The zero-order valence-electron chi connectivity index (χ0n) is 9.84. The number of hydrogen-bond acceptors (Lipinski definition) is 2. The second-order valence-electron chi connectivity index (χ2n) is 4.32. The van der Waals surface area contributed by atoms with Crippen molar-refractivity contribution < 1.29 is 9.59 Å². The number of rotatable bonds is 4. The molecule has 3 amide bonds. The van der Waals surface area contributed by atoms with E-state index in [1.54, 1.807) is 0 Å². The summed E-state index contributed by atoms with van der Waals surface area (Å²) in [6.07, 6.45) is 0.570. The van der Waals surface area contributed by atoms with Gasteiger partial charge in [0.25, 0.3) is 5.91 Å². The summed E-state index contributed by atoms with van der Waals surface area (Å²) in [6, 6.07) is -0.387. The van der Waals surface area contributed by atoms with Gasteiger partial charge in [-0.15, -0.1) is 0 Å². The van der Waals surface area contributed by atoms with Gasteiger partial charge in [0, 0.05) is 5.03 Å². The molecule has 1 fully saturated rings. The fraction of sp³-hybridized carbons (Fsp3) is 0.636. The van der Waals surface area contributed by atoms with Crippen LogP contribution in [0.1, 0.15) is 27.2 Å². The number of halogens is 1. The van der Waals surface area contributed by atoms with Gasteiger partial charge in [0.05, 0.1) is 6.54 Å². The van der Waals surface area contributed by atoms with Gasteiger partial charge in [-0.3, -0.25) is 9.69 Å². The minimum atomic E-state index is -0.788. The minimum absolute atomic E-state index is 0.0440. The van der Waals surface area contributed by atoms with E-state index in [0.717, 1.165) is 4.90 Å². The maximum atomic E-state index is 12.2. The molecular weight excluding hydrogens is 228 g/mol. The highest BCUT2D eigenvalue weighted by atomic mass is 35.5. The molecule has 0 radical (unpaired) electrons. The number of amides is 3. The number of hydrogen-bond donors (Lipinski definition) is 1. The Balaban J connectivity index is 3.00. The molecule has 0 spiro atoms. The number of imide groups is 1. The molecule has 1 unspecified atom stereocenters. The Morgan fingerprint density at radius 1 is 1.56 bits per heavy atom. The lowest BCUT2D eigenvalue weighted by atomic mass is 9.84. The molecule has 0 aliphatic carbocycles. The second kappa shape index (κ2) is 4.45. The van der Waals surface area contributed by atoms with Gasteiger partial charge < -0.3 is 5.32 Å². The molecule has 0 saturated carbocycles. The third-order valence-electron chi connectivity index (χ3n) is 3.07. The first-order valence-corrected chi connectivity index (χ1v) is 5.70.